The lowest BCUT2D eigenvalue weighted by molar-refractivity contribution is 0.0575. The largest absolute Gasteiger partial charge is 0.497 e. The van der Waals surface area contributed by atoms with Gasteiger partial charge in [-0.25, -0.2) is 4.79 Å². The summed E-state index contributed by atoms with van der Waals surface area (Å²) in [7, 11) is 1.65. The molecule has 126 valence electrons. The van der Waals surface area contributed by atoms with Gasteiger partial charge in [-0.1, -0.05) is 6.07 Å². The van der Waals surface area contributed by atoms with Crippen LogP contribution in [0.5, 0.6) is 5.75 Å². The number of nitrogens with one attached hydrogen (secondary N) is 1. The van der Waals surface area contributed by atoms with E-state index in [0.29, 0.717) is 6.54 Å². The maximum absolute atomic E-state index is 12.7. The summed E-state index contributed by atoms with van der Waals surface area (Å²) >= 11 is 0. The van der Waals surface area contributed by atoms with Gasteiger partial charge in [-0.05, 0) is 58.3 Å². The van der Waals surface area contributed by atoms with E-state index in [2.05, 4.69) is 11.4 Å². The molecule has 1 spiro atoms. The van der Waals surface area contributed by atoms with E-state index in [1.807, 2.05) is 32.9 Å². The number of nitrogens with zero attached hydrogens (tertiary/aromatic N) is 1. The number of piperidine rings is 1. The van der Waals surface area contributed by atoms with Crippen molar-refractivity contribution in [1.29, 1.82) is 0 Å². The van der Waals surface area contributed by atoms with Gasteiger partial charge in [-0.3, -0.25) is 4.90 Å². The molecule has 23 heavy (non-hydrogen) atoms. The lowest BCUT2D eigenvalue weighted by atomic mass is 9.75. The van der Waals surface area contributed by atoms with Crippen LogP contribution in [-0.2, 0) is 10.2 Å². The van der Waals surface area contributed by atoms with Crippen LogP contribution >= 0.6 is 0 Å². The Kier molecular flexibility index (Phi) is 4.00. The standard InChI is InChI=1S/C18H26N2O3/c1-17(2,3)23-16(21)20-12-18(7-9-19-10-8-18)14-6-5-13(22-4)11-15(14)20/h5-6,11,19H,7-10,12H2,1-4H3. The van der Waals surface area contributed by atoms with Gasteiger partial charge in [0.25, 0.3) is 0 Å². The minimum absolute atomic E-state index is 0.0315. The van der Waals surface area contributed by atoms with E-state index in [-0.39, 0.29) is 11.5 Å². The van der Waals surface area contributed by atoms with Crippen LogP contribution in [0.25, 0.3) is 0 Å². The molecule has 1 fully saturated rings. The smallest absolute Gasteiger partial charge is 0.414 e. The highest BCUT2D eigenvalue weighted by atomic mass is 16.6. The molecule has 0 bridgehead atoms. The Hall–Kier alpha value is -1.75. The average Bonchev–Trinajstić information content (AvgIpc) is 2.80. The lowest BCUT2D eigenvalue weighted by Gasteiger charge is -2.34. The molecule has 5 nitrogen and oxygen atoms in total. The van der Waals surface area contributed by atoms with E-state index < -0.39 is 5.60 Å². The second-order valence-electron chi connectivity index (χ2n) is 7.48. The number of benzene rings is 1. The Morgan fingerprint density at radius 3 is 2.57 bits per heavy atom. The second kappa shape index (κ2) is 5.71. The van der Waals surface area contributed by atoms with Crippen LogP contribution in [0.4, 0.5) is 10.5 Å². The number of hydrogen-bond acceptors (Lipinski definition) is 4. The van der Waals surface area contributed by atoms with Crippen molar-refractivity contribution in [1.82, 2.24) is 5.32 Å². The third kappa shape index (κ3) is 3.02. The topological polar surface area (TPSA) is 50.8 Å². The molecule has 2 aliphatic heterocycles. The maximum atomic E-state index is 12.7. The first-order valence-corrected chi connectivity index (χ1v) is 8.24. The number of anilines is 1. The highest BCUT2D eigenvalue weighted by Gasteiger charge is 2.46. The molecule has 3 rings (SSSR count). The molecular formula is C18H26N2O3. The molecule has 0 saturated carbocycles. The first-order valence-electron chi connectivity index (χ1n) is 8.24. The first kappa shape index (κ1) is 16.1. The van der Waals surface area contributed by atoms with Gasteiger partial charge in [-0.2, -0.15) is 0 Å². The normalized spacial score (nSPS) is 19.6. The summed E-state index contributed by atoms with van der Waals surface area (Å²) in [4.78, 5) is 14.5. The van der Waals surface area contributed by atoms with Crippen molar-refractivity contribution in [2.45, 2.75) is 44.6 Å². The van der Waals surface area contributed by atoms with Crippen molar-refractivity contribution >= 4 is 11.8 Å². The molecule has 5 heteroatoms. The van der Waals surface area contributed by atoms with Crippen molar-refractivity contribution in [3.8, 4) is 5.75 Å². The fourth-order valence-electron chi connectivity index (χ4n) is 3.60. The fraction of sp³-hybridized carbons (Fsp3) is 0.611. The van der Waals surface area contributed by atoms with Gasteiger partial charge < -0.3 is 14.8 Å². The molecular weight excluding hydrogens is 292 g/mol. The number of rotatable bonds is 1. The lowest BCUT2D eigenvalue weighted by Crippen LogP contribution is -2.45. The van der Waals surface area contributed by atoms with Crippen LogP contribution in [-0.4, -0.2) is 38.4 Å². The second-order valence-corrected chi connectivity index (χ2v) is 7.48. The SMILES string of the molecule is COc1ccc2c(c1)N(C(=O)OC(C)(C)C)CC21CCNCC1. The molecule has 0 atom stereocenters. The molecule has 1 N–H and O–H groups in total. The molecule has 0 unspecified atom stereocenters. The zero-order chi connectivity index (χ0) is 16.7. The van der Waals surface area contributed by atoms with Crippen LogP contribution in [0, 0.1) is 0 Å². The predicted octanol–water partition coefficient (Wildman–Crippen LogP) is 3.07. The number of amides is 1. The van der Waals surface area contributed by atoms with E-state index in [1.165, 1.54) is 5.56 Å². The number of hydrogen-bond donors (Lipinski definition) is 1. The van der Waals surface area contributed by atoms with Crippen LogP contribution in [0.2, 0.25) is 0 Å². The molecule has 0 aromatic heterocycles. The van der Waals surface area contributed by atoms with Gasteiger partial charge in [0.2, 0.25) is 0 Å². The summed E-state index contributed by atoms with van der Waals surface area (Å²) in [5.41, 5.74) is 1.70. The third-order valence-corrected chi connectivity index (χ3v) is 4.70. The fourth-order valence-corrected chi connectivity index (χ4v) is 3.60. The molecule has 1 amide bonds. The van der Waals surface area contributed by atoms with Gasteiger partial charge >= 0.3 is 6.09 Å². The number of carbonyl (C=O) groups is 1. The molecule has 2 aliphatic rings. The summed E-state index contributed by atoms with van der Waals surface area (Å²) in [6.07, 6.45) is 1.79. The summed E-state index contributed by atoms with van der Waals surface area (Å²) in [5.74, 6) is 0.767. The van der Waals surface area contributed by atoms with E-state index in [0.717, 1.165) is 37.4 Å². The van der Waals surface area contributed by atoms with E-state index in [1.54, 1.807) is 12.0 Å². The van der Waals surface area contributed by atoms with Crippen LogP contribution in [0.3, 0.4) is 0 Å². The number of fused-ring (bicyclic) bond motifs is 2. The van der Waals surface area contributed by atoms with Crippen LogP contribution in [0.1, 0.15) is 39.2 Å². The van der Waals surface area contributed by atoms with E-state index in [4.69, 9.17) is 9.47 Å². The predicted molar refractivity (Wildman–Crippen MR) is 90.4 cm³/mol. The monoisotopic (exact) mass is 318 g/mol. The molecule has 1 aromatic rings. The molecule has 1 saturated heterocycles. The molecule has 0 aliphatic carbocycles. The Bertz CT molecular complexity index is 601. The van der Waals surface area contributed by atoms with Crippen molar-refractivity contribution in [3.05, 3.63) is 23.8 Å². The van der Waals surface area contributed by atoms with Gasteiger partial charge in [0, 0.05) is 18.0 Å². The summed E-state index contributed by atoms with van der Waals surface area (Å²) < 4.78 is 11.0. The Morgan fingerprint density at radius 1 is 1.26 bits per heavy atom. The van der Waals surface area contributed by atoms with Crippen LogP contribution < -0.4 is 15.0 Å². The first-order chi connectivity index (χ1) is 10.8. The zero-order valence-corrected chi connectivity index (χ0v) is 14.4. The average molecular weight is 318 g/mol. The highest BCUT2D eigenvalue weighted by Crippen LogP contribution is 2.47. The molecule has 1 aromatic carbocycles. The van der Waals surface area contributed by atoms with Gasteiger partial charge in [0.05, 0.1) is 12.8 Å². The minimum atomic E-state index is -0.500. The Morgan fingerprint density at radius 2 is 1.96 bits per heavy atom. The molecule has 0 radical (unpaired) electrons. The van der Waals surface area contributed by atoms with Crippen LogP contribution in [0.15, 0.2) is 18.2 Å². The van der Waals surface area contributed by atoms with Crippen molar-refractivity contribution in [2.24, 2.45) is 0 Å². The van der Waals surface area contributed by atoms with Crippen molar-refractivity contribution in [2.75, 3.05) is 31.6 Å². The third-order valence-electron chi connectivity index (χ3n) is 4.70. The summed E-state index contributed by atoms with van der Waals surface area (Å²) in [5, 5.41) is 3.41. The number of carbonyl (C=O) groups excluding carboxylic acids is 1. The zero-order valence-electron chi connectivity index (χ0n) is 14.4. The Balaban J connectivity index is 1.98. The van der Waals surface area contributed by atoms with Crippen molar-refractivity contribution in [3.63, 3.8) is 0 Å². The quantitative estimate of drug-likeness (QED) is 0.864. The minimum Gasteiger partial charge on any atom is -0.497 e. The highest BCUT2D eigenvalue weighted by molar-refractivity contribution is 5.92. The van der Waals surface area contributed by atoms with Gasteiger partial charge in [-0.15, -0.1) is 0 Å². The van der Waals surface area contributed by atoms with E-state index in [9.17, 15) is 4.79 Å². The van der Waals surface area contributed by atoms with Gasteiger partial charge in [0.15, 0.2) is 0 Å². The van der Waals surface area contributed by atoms with Gasteiger partial charge in [0.1, 0.15) is 11.4 Å². The number of ether oxygens (including phenoxy) is 2. The number of methoxy groups -OCH3 is 1. The van der Waals surface area contributed by atoms with Crippen molar-refractivity contribution < 1.29 is 14.3 Å². The Labute approximate surface area is 137 Å². The summed E-state index contributed by atoms with van der Waals surface area (Å²) in [6, 6.07) is 6.06. The maximum Gasteiger partial charge on any atom is 0.414 e. The summed E-state index contributed by atoms with van der Waals surface area (Å²) in [6.45, 7) is 8.34. The molecule has 2 heterocycles. The van der Waals surface area contributed by atoms with E-state index >= 15 is 0 Å².